The molecule has 0 atom stereocenters. The van der Waals surface area contributed by atoms with Gasteiger partial charge in [-0.1, -0.05) is 37.0 Å². The molecule has 0 aromatic heterocycles. The number of amides is 1. The Kier molecular flexibility index (Phi) is 5.66. The number of primary sulfonamides is 1. The van der Waals surface area contributed by atoms with Gasteiger partial charge in [0.15, 0.2) is 0 Å². The standard InChI is InChI=1S/C13H18Cl2N2O3S/c1-4-13(3,5-2)17-12(18)10-8(14)6-7-9(11(10)15)21(16,19)20/h6-7H,4-5H2,1-3H3,(H,17,18)(H2,16,19,20). The summed E-state index contributed by atoms with van der Waals surface area (Å²) in [4.78, 5) is 12.1. The summed E-state index contributed by atoms with van der Waals surface area (Å²) in [7, 11) is -4.03. The maximum atomic E-state index is 12.4. The van der Waals surface area contributed by atoms with E-state index in [1.54, 1.807) is 0 Å². The van der Waals surface area contributed by atoms with Crippen LogP contribution in [-0.4, -0.2) is 19.9 Å². The van der Waals surface area contributed by atoms with E-state index in [1.807, 2.05) is 20.8 Å². The fourth-order valence-electron chi connectivity index (χ4n) is 1.72. The molecule has 0 unspecified atom stereocenters. The number of carbonyl (C=O) groups excluding carboxylic acids is 1. The van der Waals surface area contributed by atoms with E-state index < -0.39 is 21.5 Å². The van der Waals surface area contributed by atoms with Gasteiger partial charge in [-0.25, -0.2) is 13.6 Å². The van der Waals surface area contributed by atoms with Gasteiger partial charge in [0.25, 0.3) is 5.91 Å². The number of halogens is 2. The van der Waals surface area contributed by atoms with Gasteiger partial charge in [-0.3, -0.25) is 4.79 Å². The van der Waals surface area contributed by atoms with Crippen molar-refractivity contribution in [2.45, 2.75) is 44.0 Å². The molecule has 0 aliphatic carbocycles. The van der Waals surface area contributed by atoms with Crippen molar-refractivity contribution in [2.75, 3.05) is 0 Å². The normalized spacial score (nSPS) is 12.3. The SMILES string of the molecule is CCC(C)(CC)NC(=O)c1c(Cl)ccc(S(N)(=O)=O)c1Cl. The van der Waals surface area contributed by atoms with Crippen molar-refractivity contribution in [3.8, 4) is 0 Å². The Bertz CT molecular complexity index is 656. The molecule has 0 saturated heterocycles. The fourth-order valence-corrected chi connectivity index (χ4v) is 3.20. The molecule has 118 valence electrons. The highest BCUT2D eigenvalue weighted by atomic mass is 35.5. The minimum atomic E-state index is -4.03. The minimum Gasteiger partial charge on any atom is -0.347 e. The van der Waals surface area contributed by atoms with E-state index in [1.165, 1.54) is 12.1 Å². The van der Waals surface area contributed by atoms with E-state index in [0.29, 0.717) is 12.8 Å². The largest absolute Gasteiger partial charge is 0.347 e. The zero-order valence-electron chi connectivity index (χ0n) is 12.0. The van der Waals surface area contributed by atoms with Crippen LogP contribution in [0.2, 0.25) is 10.0 Å². The van der Waals surface area contributed by atoms with Crippen molar-refractivity contribution >= 4 is 39.1 Å². The second-order valence-electron chi connectivity index (χ2n) is 5.00. The Morgan fingerprint density at radius 1 is 1.29 bits per heavy atom. The molecule has 21 heavy (non-hydrogen) atoms. The van der Waals surface area contributed by atoms with Crippen LogP contribution in [0, 0.1) is 0 Å². The molecule has 0 heterocycles. The first kappa shape index (κ1) is 18.2. The van der Waals surface area contributed by atoms with Crippen LogP contribution in [0.15, 0.2) is 17.0 Å². The van der Waals surface area contributed by atoms with Crippen LogP contribution in [0.1, 0.15) is 44.0 Å². The second-order valence-corrected chi connectivity index (χ2v) is 7.32. The molecule has 1 aromatic rings. The first-order chi connectivity index (χ1) is 9.55. The number of nitrogens with two attached hydrogens (primary N) is 1. The van der Waals surface area contributed by atoms with Gasteiger partial charge in [0, 0.05) is 5.54 Å². The monoisotopic (exact) mass is 352 g/mol. The molecule has 1 amide bonds. The van der Waals surface area contributed by atoms with Crippen molar-refractivity contribution in [3.05, 3.63) is 27.7 Å². The van der Waals surface area contributed by atoms with Gasteiger partial charge in [-0.05, 0) is 31.9 Å². The molecule has 0 spiro atoms. The summed E-state index contributed by atoms with van der Waals surface area (Å²) in [5.41, 5.74) is -0.514. The number of hydrogen-bond donors (Lipinski definition) is 2. The number of carbonyl (C=O) groups is 1. The molecule has 0 fully saturated rings. The van der Waals surface area contributed by atoms with Crippen LogP contribution >= 0.6 is 23.2 Å². The first-order valence-electron chi connectivity index (χ1n) is 6.39. The summed E-state index contributed by atoms with van der Waals surface area (Å²) in [5.74, 6) is -0.526. The van der Waals surface area contributed by atoms with Crippen LogP contribution in [0.4, 0.5) is 0 Å². The molecule has 0 aliphatic heterocycles. The third-order valence-corrected chi connectivity index (χ3v) is 5.34. The topological polar surface area (TPSA) is 89.3 Å². The summed E-state index contributed by atoms with van der Waals surface area (Å²) in [6.45, 7) is 5.76. The number of sulfonamides is 1. The molecule has 8 heteroatoms. The Labute approximate surface area is 134 Å². The fraction of sp³-hybridized carbons (Fsp3) is 0.462. The molecular weight excluding hydrogens is 335 g/mol. The average molecular weight is 353 g/mol. The molecule has 1 aromatic carbocycles. The van der Waals surface area contributed by atoms with E-state index in [0.717, 1.165) is 0 Å². The van der Waals surface area contributed by atoms with Crippen LogP contribution in [-0.2, 0) is 10.0 Å². The number of rotatable bonds is 5. The lowest BCUT2D eigenvalue weighted by Gasteiger charge is -2.28. The number of hydrogen-bond acceptors (Lipinski definition) is 3. The summed E-state index contributed by atoms with van der Waals surface area (Å²) in [6.07, 6.45) is 1.42. The third kappa shape index (κ3) is 4.10. The van der Waals surface area contributed by atoms with E-state index in [2.05, 4.69) is 5.32 Å². The van der Waals surface area contributed by atoms with Gasteiger partial charge in [-0.2, -0.15) is 0 Å². The van der Waals surface area contributed by atoms with E-state index in [9.17, 15) is 13.2 Å². The molecule has 3 N–H and O–H groups in total. The molecular formula is C13H18Cl2N2O3S. The summed E-state index contributed by atoms with van der Waals surface area (Å²) in [6, 6.07) is 2.47. The van der Waals surface area contributed by atoms with Gasteiger partial charge in [0.1, 0.15) is 4.90 Å². The van der Waals surface area contributed by atoms with Gasteiger partial charge in [0.2, 0.25) is 10.0 Å². The average Bonchev–Trinajstić information content (AvgIpc) is 2.36. The third-order valence-electron chi connectivity index (χ3n) is 3.57. The van der Waals surface area contributed by atoms with Crippen LogP contribution < -0.4 is 10.5 Å². The van der Waals surface area contributed by atoms with Crippen molar-refractivity contribution < 1.29 is 13.2 Å². The smallest absolute Gasteiger partial charge is 0.254 e. The van der Waals surface area contributed by atoms with Crippen molar-refractivity contribution in [3.63, 3.8) is 0 Å². The predicted octanol–water partition coefficient (Wildman–Crippen LogP) is 2.95. The molecule has 0 radical (unpaired) electrons. The summed E-state index contributed by atoms with van der Waals surface area (Å²) >= 11 is 12.0. The zero-order chi connectivity index (χ0) is 16.4. The van der Waals surface area contributed by atoms with E-state index in [-0.39, 0.29) is 20.5 Å². The number of benzene rings is 1. The van der Waals surface area contributed by atoms with Crippen LogP contribution in [0.25, 0.3) is 0 Å². The zero-order valence-corrected chi connectivity index (χ0v) is 14.4. The Morgan fingerprint density at radius 3 is 2.24 bits per heavy atom. The van der Waals surface area contributed by atoms with Crippen LogP contribution in [0.5, 0.6) is 0 Å². The maximum absolute atomic E-state index is 12.4. The predicted molar refractivity (Wildman–Crippen MR) is 84.3 cm³/mol. The molecule has 0 bridgehead atoms. The summed E-state index contributed by atoms with van der Waals surface area (Å²) < 4.78 is 22.9. The lowest BCUT2D eigenvalue weighted by atomic mass is 9.95. The molecule has 5 nitrogen and oxygen atoms in total. The first-order valence-corrected chi connectivity index (χ1v) is 8.69. The maximum Gasteiger partial charge on any atom is 0.254 e. The Morgan fingerprint density at radius 2 is 1.81 bits per heavy atom. The molecule has 1 rings (SSSR count). The molecule has 0 aliphatic rings. The van der Waals surface area contributed by atoms with E-state index >= 15 is 0 Å². The summed E-state index contributed by atoms with van der Waals surface area (Å²) in [5, 5.41) is 7.70. The minimum absolute atomic E-state index is 0.0689. The van der Waals surface area contributed by atoms with E-state index in [4.69, 9.17) is 28.3 Å². The van der Waals surface area contributed by atoms with Gasteiger partial charge in [0.05, 0.1) is 15.6 Å². The van der Waals surface area contributed by atoms with Crippen molar-refractivity contribution in [1.82, 2.24) is 5.32 Å². The highest BCUT2D eigenvalue weighted by Crippen LogP contribution is 2.31. The Hall–Kier alpha value is -0.820. The highest BCUT2D eigenvalue weighted by Gasteiger charge is 2.27. The quantitative estimate of drug-likeness (QED) is 0.853. The van der Waals surface area contributed by atoms with Gasteiger partial charge >= 0.3 is 0 Å². The van der Waals surface area contributed by atoms with Gasteiger partial charge < -0.3 is 5.32 Å². The number of nitrogens with one attached hydrogen (secondary N) is 1. The van der Waals surface area contributed by atoms with Crippen LogP contribution in [0.3, 0.4) is 0 Å². The molecule has 0 saturated carbocycles. The lowest BCUT2D eigenvalue weighted by molar-refractivity contribution is 0.0901. The van der Waals surface area contributed by atoms with Crippen molar-refractivity contribution in [1.29, 1.82) is 0 Å². The highest BCUT2D eigenvalue weighted by molar-refractivity contribution is 7.89. The Balaban J connectivity index is 3.34. The second kappa shape index (κ2) is 6.52. The van der Waals surface area contributed by atoms with Gasteiger partial charge in [-0.15, -0.1) is 0 Å². The lowest BCUT2D eigenvalue weighted by Crippen LogP contribution is -2.45. The van der Waals surface area contributed by atoms with Crippen molar-refractivity contribution in [2.24, 2.45) is 5.14 Å².